The van der Waals surface area contributed by atoms with Crippen LogP contribution in [0.4, 0.5) is 0 Å². The molecule has 0 aromatic heterocycles. The fourth-order valence-corrected chi connectivity index (χ4v) is 39.3. The summed E-state index contributed by atoms with van der Waals surface area (Å²) >= 11 is 0. The minimum atomic E-state index is -3.64. The lowest BCUT2D eigenvalue weighted by atomic mass is 9.75. The molecule has 14 aliphatic heterocycles. The molecule has 55 atom stereocenters. The number of fused-ring (bicyclic) bond motifs is 14. The van der Waals surface area contributed by atoms with E-state index in [9.17, 15) is 79.2 Å². The molecule has 0 radical (unpaired) electrons. The van der Waals surface area contributed by atoms with Gasteiger partial charge in [-0.2, -0.15) is 16.8 Å². The highest BCUT2D eigenvalue weighted by molar-refractivity contribution is 7.88. The maximum atomic E-state index is 12.9. The van der Waals surface area contributed by atoms with Crippen molar-refractivity contribution in [3.63, 3.8) is 0 Å². The highest BCUT2D eigenvalue weighted by Gasteiger charge is 2.77. The van der Waals surface area contributed by atoms with Gasteiger partial charge in [0.05, 0.1) is 101 Å². The Kier molecular flexibility index (Phi) is 18.7. The molecule has 17 saturated carbocycles. The molecule has 0 N–H and O–H groups in total. The van der Waals surface area contributed by atoms with Crippen molar-refractivity contribution < 1.29 is 159 Å². The zero-order chi connectivity index (χ0) is 90.2. The van der Waals surface area contributed by atoms with E-state index < -0.39 is 109 Å². The average molecular weight is 1860 g/mol. The highest BCUT2D eigenvalue weighted by atomic mass is 32.2. The van der Waals surface area contributed by atoms with Gasteiger partial charge in [0, 0.05) is 59.2 Å². The largest absolute Gasteiger partial charge is 0.465 e. The molecule has 20 bridgehead atoms. The summed E-state index contributed by atoms with van der Waals surface area (Å²) in [7, 11) is -7.16. The highest BCUT2D eigenvalue weighted by Crippen LogP contribution is 2.69. The van der Waals surface area contributed by atoms with E-state index in [4.69, 9.17) is 79.4 Å². The molecule has 14 heterocycles. The van der Waals surface area contributed by atoms with Gasteiger partial charge in [-0.3, -0.25) is 70.7 Å². The molecule has 55 unspecified atom stereocenters. The molecule has 36 heteroatoms. The van der Waals surface area contributed by atoms with Crippen molar-refractivity contribution in [2.45, 2.75) is 284 Å². The first-order valence-electron chi connectivity index (χ1n) is 49.5. The zero-order valence-electron chi connectivity index (χ0n) is 73.9. The van der Waals surface area contributed by atoms with Crippen LogP contribution in [-0.4, -0.2) is 221 Å². The van der Waals surface area contributed by atoms with Gasteiger partial charge in [-0.05, 0) is 193 Å². The van der Waals surface area contributed by atoms with E-state index in [1.165, 1.54) is 12.8 Å². The van der Waals surface area contributed by atoms with Crippen LogP contribution in [0.2, 0.25) is 0 Å². The smallest absolute Gasteiger partial charge is 0.312 e. The van der Waals surface area contributed by atoms with Crippen LogP contribution in [0.1, 0.15) is 164 Å². The molecule has 710 valence electrons. The van der Waals surface area contributed by atoms with Crippen LogP contribution >= 0.6 is 0 Å². The lowest BCUT2D eigenvalue weighted by Gasteiger charge is -2.33. The molecule has 0 spiro atoms. The molecule has 31 aliphatic rings. The molecule has 0 aromatic rings. The molecule has 131 heavy (non-hydrogen) atoms. The molecular weight excluding hydrogens is 1750 g/mol. The van der Waals surface area contributed by atoms with Gasteiger partial charge in [0.1, 0.15) is 84.1 Å². The van der Waals surface area contributed by atoms with Gasteiger partial charge < -0.3 is 71.1 Å². The van der Waals surface area contributed by atoms with Crippen molar-refractivity contribution in [2.24, 2.45) is 213 Å². The van der Waals surface area contributed by atoms with E-state index in [0.717, 1.165) is 102 Å². The number of hydrogen-bond acceptors (Lipinski definition) is 34. The van der Waals surface area contributed by atoms with E-state index in [1.54, 1.807) is 0 Å². The van der Waals surface area contributed by atoms with Crippen molar-refractivity contribution in [1.82, 2.24) is 0 Å². The van der Waals surface area contributed by atoms with Crippen LogP contribution < -0.4 is 0 Å². The average Bonchev–Trinajstić information content (AvgIpc) is 1.57. The Hall–Kier alpha value is -7.15. The Labute approximate surface area is 756 Å². The molecule has 0 amide bonds. The van der Waals surface area contributed by atoms with Crippen LogP contribution in [-0.2, 0) is 162 Å². The van der Waals surface area contributed by atoms with Crippen molar-refractivity contribution in [2.75, 3.05) is 6.61 Å². The number of esters is 13. The Morgan fingerprint density at radius 2 is 0.710 bits per heavy atom. The van der Waals surface area contributed by atoms with Gasteiger partial charge in [0.15, 0.2) is 18.3 Å². The molecule has 17 aliphatic carbocycles. The molecule has 0 aromatic carbocycles. The second-order valence-corrected chi connectivity index (χ2v) is 49.6. The maximum absolute atomic E-state index is 12.9. The first-order chi connectivity index (χ1) is 62.6. The van der Waals surface area contributed by atoms with Gasteiger partial charge in [-0.1, -0.05) is 48.5 Å². The normalized spacial score (nSPS) is 56.3. The van der Waals surface area contributed by atoms with Crippen molar-refractivity contribution in [1.29, 1.82) is 0 Å². The minimum absolute atomic E-state index is 0.00409. The van der Waals surface area contributed by atoms with Crippen molar-refractivity contribution >= 4 is 97.8 Å². The molecule has 31 rings (SSSR count). The first-order valence-corrected chi connectivity index (χ1v) is 52.4. The molecule has 34 nitrogen and oxygen atoms in total. The van der Waals surface area contributed by atoms with E-state index in [-0.39, 0.29) is 286 Å². The third-order valence-electron chi connectivity index (χ3n) is 41.4. The maximum Gasteiger partial charge on any atom is 0.312 e. The third kappa shape index (κ3) is 11.6. The monoisotopic (exact) mass is 1860 g/mol. The lowest BCUT2D eigenvalue weighted by molar-refractivity contribution is -0.170. The lowest BCUT2D eigenvalue weighted by Crippen LogP contribution is -2.45. The second kappa shape index (κ2) is 29.0. The summed E-state index contributed by atoms with van der Waals surface area (Å²) < 4.78 is 142. The van der Waals surface area contributed by atoms with Crippen LogP contribution in [0.25, 0.3) is 0 Å². The molecule has 14 saturated heterocycles. The number of carbonyl (C=O) groups excluding carboxylic acids is 13. The van der Waals surface area contributed by atoms with Gasteiger partial charge in [-0.25, -0.2) is 0 Å². The standard InChI is InChI=1S/C18H20O6.C17H20O7S.C17H18O7.C17H24O4.C16H18O8S.C10H14O2/c1-5-7-4-10-12(18(21)22-13(5)10)11(7)17(20)23-14-6-2-8-9(3-6)16(19)24-15(8)14;1-5-7-4-9-12(17(19)22-13(5)9)11(7)16(18)23-14-6-2-8-10(3-6)25(20,21)24-15(8)14;1-4-5-2-6-10(17(20)22-11(4)6)9(5)16(19)23-13-8-3-7-12(21-8)14(13)24-15(7)18;1-3-17(6-4-5-7-17)21-16(19)12-10-8-11-13(12)15(18)20-14(11)9(10)2;1-4-5-2-6-10(16(18)22-11(4)6)9(5)15(17)23-12-7-3-8-13(21-7)14(12)24-25(8,19)20;1-5-2-6-3-7(5)8-4-12-10(11)9(6)8/h5-15H,2-4H2,1H3;5-15H,2-4H2,1H3;4-14H,2-3H2,1H3;9-14H,3-8H2,1-2H3;4-14H,2-3H2,1H3;5-9H,2-4H2,1H3. The number of rotatable bonds is 11. The SMILES string of the molecule is CC1C2CC3C1OC(=O)C3C2C(=O)OC1C2CC3C(=O)OC1C3C2.CC1C2CC3C1OC(=O)C3C2C(=O)OC1C2CC3C(=O)OC1C3O2.CC1C2CC3C1OC(=O)C3C2C(=O)OC1C2CC3C(O2)C1OS3(=O)=O.CC1C2CC3C1OC(=O)C3C2C(=O)OC1C2CC3C1OS(=O)(=O)C3C2.CC1CC2CC1C1COC(=O)C21.CCC1(OC(=O)C2C3CC4C(OC(=O)C42)C3C)CCCC1. The van der Waals surface area contributed by atoms with Crippen LogP contribution in [0.3, 0.4) is 0 Å². The zero-order valence-corrected chi connectivity index (χ0v) is 75.5. The number of hydrogen-bond donors (Lipinski definition) is 0. The fraction of sp³-hybridized carbons (Fsp3) is 0.863. The number of carbonyl (C=O) groups is 13. The first kappa shape index (κ1) is 84.4. The van der Waals surface area contributed by atoms with Gasteiger partial charge in [-0.15, -0.1) is 0 Å². The summed E-state index contributed by atoms with van der Waals surface area (Å²) in [4.78, 5) is 160. The molecule has 31 fully saturated rings. The Morgan fingerprint density at radius 3 is 1.20 bits per heavy atom. The Morgan fingerprint density at radius 1 is 0.321 bits per heavy atom. The van der Waals surface area contributed by atoms with E-state index in [1.807, 2.05) is 13.8 Å². The fourth-order valence-electron chi connectivity index (χ4n) is 35.8. The number of ether oxygens (including phenoxy) is 15. The summed E-state index contributed by atoms with van der Waals surface area (Å²) in [5.41, 5.74) is -0.260. The summed E-state index contributed by atoms with van der Waals surface area (Å²) in [5.74, 6) is -0.539. The van der Waals surface area contributed by atoms with E-state index in [0.29, 0.717) is 42.9 Å². The predicted octanol–water partition coefficient (Wildman–Crippen LogP) is 5.21. The third-order valence-corrected chi connectivity index (χ3v) is 44.9. The van der Waals surface area contributed by atoms with Crippen molar-refractivity contribution in [3.05, 3.63) is 0 Å². The minimum Gasteiger partial charge on any atom is -0.465 e. The quantitative estimate of drug-likeness (QED) is 0.145. The summed E-state index contributed by atoms with van der Waals surface area (Å²) in [5, 5.41) is -1.07. The van der Waals surface area contributed by atoms with E-state index >= 15 is 0 Å². The number of cyclic esters (lactones) is 1. The topological polar surface area (TPSA) is 447 Å². The summed E-state index contributed by atoms with van der Waals surface area (Å²) in [6.07, 6.45) is 10.1. The van der Waals surface area contributed by atoms with Gasteiger partial charge in [0.25, 0.3) is 20.2 Å². The predicted molar refractivity (Wildman–Crippen MR) is 429 cm³/mol. The van der Waals surface area contributed by atoms with Gasteiger partial charge >= 0.3 is 77.6 Å². The van der Waals surface area contributed by atoms with Crippen LogP contribution in [0, 0.1) is 213 Å². The van der Waals surface area contributed by atoms with Crippen LogP contribution in [0.5, 0.6) is 0 Å². The summed E-state index contributed by atoms with van der Waals surface area (Å²) in [6, 6.07) is 0. The summed E-state index contributed by atoms with van der Waals surface area (Å²) in [6.45, 7) is 15.4. The van der Waals surface area contributed by atoms with E-state index in [2.05, 4.69) is 34.6 Å². The van der Waals surface area contributed by atoms with Gasteiger partial charge in [0.2, 0.25) is 0 Å². The molecular formula is C95H114O34S2. The van der Waals surface area contributed by atoms with Crippen molar-refractivity contribution in [3.8, 4) is 0 Å². The second-order valence-electron chi connectivity index (χ2n) is 46.1. The van der Waals surface area contributed by atoms with Crippen LogP contribution in [0.15, 0.2) is 0 Å². The Balaban J connectivity index is 0.0000000834. The Bertz CT molecular complexity index is 4990.